The van der Waals surface area contributed by atoms with Gasteiger partial charge in [0, 0.05) is 0 Å². The van der Waals surface area contributed by atoms with E-state index in [1.807, 2.05) is 0 Å². The van der Waals surface area contributed by atoms with Crippen molar-refractivity contribution in [2.24, 2.45) is 0 Å². The van der Waals surface area contributed by atoms with Crippen LogP contribution in [0.25, 0.3) is 0 Å². The third-order valence-corrected chi connectivity index (χ3v) is 2.41. The second-order valence-corrected chi connectivity index (χ2v) is 3.67. The van der Waals surface area contributed by atoms with Crippen molar-refractivity contribution in [1.82, 2.24) is 0 Å². The van der Waals surface area contributed by atoms with Gasteiger partial charge in [-0.1, -0.05) is 0 Å². The van der Waals surface area contributed by atoms with Crippen LogP contribution < -0.4 is 0 Å². The normalized spacial score (nSPS) is 22.9. The third kappa shape index (κ3) is 2.13. The quantitative estimate of drug-likeness (QED) is 0.489. The van der Waals surface area contributed by atoms with Crippen LogP contribution in [0.5, 0.6) is 0 Å². The molecule has 0 aliphatic carbocycles. The maximum atomic E-state index is 11.5. The fourth-order valence-corrected chi connectivity index (χ4v) is 1.33. The zero-order chi connectivity index (χ0) is 12.6. The summed E-state index contributed by atoms with van der Waals surface area (Å²) in [4.78, 5) is 23.0. The number of hydrogen-bond acceptors (Lipinski definition) is 6. The van der Waals surface area contributed by atoms with Crippen molar-refractivity contribution in [1.29, 1.82) is 0 Å². The van der Waals surface area contributed by atoms with E-state index >= 15 is 0 Å². The Bertz CT molecular complexity index is 461. The molecule has 0 saturated carbocycles. The summed E-state index contributed by atoms with van der Waals surface area (Å²) >= 11 is 0. The summed E-state index contributed by atoms with van der Waals surface area (Å²) < 4.78 is 9.20. The first-order valence-corrected chi connectivity index (χ1v) is 4.89. The van der Waals surface area contributed by atoms with E-state index in [0.29, 0.717) is 0 Å². The Balaban J connectivity index is 2.46. The molecule has 1 atom stereocenters. The first-order valence-electron chi connectivity index (χ1n) is 4.89. The third-order valence-electron chi connectivity index (χ3n) is 2.41. The largest absolute Gasteiger partial charge is 0.449 e. The van der Waals surface area contributed by atoms with Gasteiger partial charge in [-0.05, 0) is 31.2 Å². The fraction of sp³-hybridized carbons (Fsp3) is 0.273. The second kappa shape index (κ2) is 3.83. The van der Waals surface area contributed by atoms with Crippen LogP contribution in [0.4, 0.5) is 0 Å². The minimum absolute atomic E-state index is 0.114. The Morgan fingerprint density at radius 3 is 2.06 bits per heavy atom. The molecule has 6 nitrogen and oxygen atoms in total. The van der Waals surface area contributed by atoms with Crippen molar-refractivity contribution in [3.05, 3.63) is 35.4 Å². The maximum Gasteiger partial charge on any atom is 0.363 e. The van der Waals surface area contributed by atoms with E-state index in [1.165, 1.54) is 31.2 Å². The lowest BCUT2D eigenvalue weighted by atomic mass is 10.1. The zero-order valence-corrected chi connectivity index (χ0v) is 8.91. The van der Waals surface area contributed by atoms with Gasteiger partial charge in [0.05, 0.1) is 11.1 Å². The number of aliphatic hydroxyl groups is 2. The summed E-state index contributed by atoms with van der Waals surface area (Å²) in [6.07, 6.45) is -1.40. The highest BCUT2D eigenvalue weighted by molar-refractivity contribution is 5.93. The van der Waals surface area contributed by atoms with Gasteiger partial charge in [0.15, 0.2) is 6.10 Å². The summed E-state index contributed by atoms with van der Waals surface area (Å²) in [5.41, 5.74) is 0.328. The Morgan fingerprint density at radius 1 is 1.06 bits per heavy atom. The Kier molecular flexibility index (Phi) is 2.60. The van der Waals surface area contributed by atoms with Crippen molar-refractivity contribution < 1.29 is 29.3 Å². The van der Waals surface area contributed by atoms with Gasteiger partial charge in [0.25, 0.3) is 0 Å². The molecule has 0 radical (unpaired) electrons. The lowest BCUT2D eigenvalue weighted by molar-refractivity contribution is -0.345. The van der Waals surface area contributed by atoms with Crippen LogP contribution >= 0.6 is 0 Å². The molecule has 0 aromatic heterocycles. The number of carbonyl (C=O) groups is 2. The molecule has 2 aliphatic rings. The van der Waals surface area contributed by atoms with Crippen LogP contribution in [0.1, 0.15) is 27.6 Å². The topological polar surface area (TPSA) is 93.1 Å². The van der Waals surface area contributed by atoms with Crippen molar-refractivity contribution in [2.45, 2.75) is 19.0 Å². The highest BCUT2D eigenvalue weighted by Gasteiger charge is 2.40. The van der Waals surface area contributed by atoms with Gasteiger partial charge in [0.1, 0.15) is 0 Å². The maximum absolute atomic E-state index is 11.5. The molecule has 3 rings (SSSR count). The van der Waals surface area contributed by atoms with Gasteiger partial charge in [-0.15, -0.1) is 0 Å². The predicted octanol–water partition coefficient (Wildman–Crippen LogP) is 0.0407. The fourth-order valence-electron chi connectivity index (χ4n) is 1.33. The summed E-state index contributed by atoms with van der Waals surface area (Å²) in [6.45, 7) is 1.21. The number of hydrogen-bond donors (Lipinski definition) is 2. The average Bonchev–Trinajstić information content (AvgIpc) is 2.27. The van der Waals surface area contributed by atoms with Crippen LogP contribution in [0.2, 0.25) is 0 Å². The van der Waals surface area contributed by atoms with Crippen LogP contribution in [-0.4, -0.2) is 34.2 Å². The van der Waals surface area contributed by atoms with Gasteiger partial charge in [-0.3, -0.25) is 0 Å². The lowest BCUT2D eigenvalue weighted by Crippen LogP contribution is -2.47. The molecule has 1 aromatic carbocycles. The molecule has 0 amide bonds. The Morgan fingerprint density at radius 2 is 1.53 bits per heavy atom. The first-order chi connectivity index (χ1) is 7.90. The Hall–Kier alpha value is -1.92. The van der Waals surface area contributed by atoms with E-state index in [0.717, 1.165) is 0 Å². The highest BCUT2D eigenvalue weighted by atomic mass is 16.8. The van der Waals surface area contributed by atoms with Gasteiger partial charge < -0.3 is 19.7 Å². The Labute approximate surface area is 96.4 Å². The molecule has 2 heterocycles. The molecule has 2 aliphatic heterocycles. The highest BCUT2D eigenvalue weighted by Crippen LogP contribution is 2.19. The minimum atomic E-state index is -2.85. The SMILES string of the molecule is CC1OC(=O)c2ccc(cc2)C(=O)OC1(O)O. The number of ether oxygens (including phenoxy) is 2. The van der Waals surface area contributed by atoms with Crippen molar-refractivity contribution in [2.75, 3.05) is 0 Å². The minimum Gasteiger partial charge on any atom is -0.449 e. The molecular formula is C11H10O6. The van der Waals surface area contributed by atoms with Crippen molar-refractivity contribution >= 4 is 11.9 Å². The van der Waals surface area contributed by atoms with Crippen molar-refractivity contribution in [3.8, 4) is 0 Å². The number of rotatable bonds is 0. The van der Waals surface area contributed by atoms with Crippen LogP contribution in [0.15, 0.2) is 24.3 Å². The molecule has 90 valence electrons. The molecule has 1 aromatic rings. The molecule has 1 unspecified atom stereocenters. The van der Waals surface area contributed by atoms with E-state index in [2.05, 4.69) is 4.74 Å². The number of carbonyl (C=O) groups excluding carboxylic acids is 2. The summed E-state index contributed by atoms with van der Waals surface area (Å²) in [5, 5.41) is 18.9. The molecule has 0 saturated heterocycles. The van der Waals surface area contributed by atoms with Crippen LogP contribution in [0, 0.1) is 0 Å². The molecule has 0 fully saturated rings. The van der Waals surface area contributed by atoms with Gasteiger partial charge in [0.2, 0.25) is 0 Å². The van der Waals surface area contributed by atoms with E-state index in [9.17, 15) is 19.8 Å². The average molecular weight is 238 g/mol. The molecule has 2 N–H and O–H groups in total. The van der Waals surface area contributed by atoms with E-state index in [1.54, 1.807) is 0 Å². The smallest absolute Gasteiger partial charge is 0.363 e. The molecular weight excluding hydrogens is 228 g/mol. The van der Waals surface area contributed by atoms with Gasteiger partial charge >= 0.3 is 17.9 Å². The van der Waals surface area contributed by atoms with Gasteiger partial charge in [-0.2, -0.15) is 0 Å². The predicted molar refractivity (Wildman–Crippen MR) is 53.9 cm³/mol. The van der Waals surface area contributed by atoms with E-state index in [-0.39, 0.29) is 11.1 Å². The van der Waals surface area contributed by atoms with Gasteiger partial charge in [-0.25, -0.2) is 9.59 Å². The summed E-state index contributed by atoms with van der Waals surface area (Å²) in [5.74, 6) is -4.49. The van der Waals surface area contributed by atoms with Crippen LogP contribution in [-0.2, 0) is 9.47 Å². The standard InChI is InChI=1S/C11H10O6/c1-6-11(14,15)17-10(13)8-4-2-7(3-5-8)9(12)16-6/h2-6,14-15H,1H3. The zero-order valence-electron chi connectivity index (χ0n) is 8.91. The second-order valence-electron chi connectivity index (χ2n) is 3.67. The molecule has 17 heavy (non-hydrogen) atoms. The summed E-state index contributed by atoms with van der Waals surface area (Å²) in [7, 11) is 0. The molecule has 2 bridgehead atoms. The molecule has 6 heteroatoms. The number of fused-ring (bicyclic) bond motifs is 7. The van der Waals surface area contributed by atoms with E-state index < -0.39 is 24.0 Å². The van der Waals surface area contributed by atoms with Crippen molar-refractivity contribution in [3.63, 3.8) is 0 Å². The number of benzene rings is 1. The van der Waals surface area contributed by atoms with E-state index in [4.69, 9.17) is 4.74 Å². The first kappa shape index (κ1) is 11.6. The molecule has 0 spiro atoms. The monoisotopic (exact) mass is 238 g/mol. The van der Waals surface area contributed by atoms with Crippen LogP contribution in [0.3, 0.4) is 0 Å². The number of esters is 2. The lowest BCUT2D eigenvalue weighted by Gasteiger charge is -2.28. The summed E-state index contributed by atoms with van der Waals surface area (Å²) in [6, 6.07) is 5.47.